The summed E-state index contributed by atoms with van der Waals surface area (Å²) in [7, 11) is 1.72. The molecule has 1 aliphatic rings. The fourth-order valence-corrected chi connectivity index (χ4v) is 3.10. The molecule has 1 saturated carbocycles. The minimum absolute atomic E-state index is 0.0423. The molecule has 0 radical (unpaired) electrons. The van der Waals surface area contributed by atoms with Gasteiger partial charge in [-0.25, -0.2) is 0 Å². The van der Waals surface area contributed by atoms with Crippen LogP contribution in [0.5, 0.6) is 0 Å². The van der Waals surface area contributed by atoms with Crippen LogP contribution in [0.4, 0.5) is 5.69 Å². The van der Waals surface area contributed by atoms with Crippen LogP contribution in [0.2, 0.25) is 0 Å². The van der Waals surface area contributed by atoms with Crippen molar-refractivity contribution in [2.75, 3.05) is 5.32 Å². The predicted octanol–water partition coefficient (Wildman–Crippen LogP) is 2.10. The first-order valence-electron chi connectivity index (χ1n) is 9.19. The molecule has 8 nitrogen and oxygen atoms in total. The summed E-state index contributed by atoms with van der Waals surface area (Å²) in [5.41, 5.74) is 1.86. The predicted molar refractivity (Wildman–Crippen MR) is 105 cm³/mol. The first-order chi connectivity index (χ1) is 13.4. The maximum absolute atomic E-state index is 12.6. The number of hydrogen-bond acceptors (Lipinski definition) is 4. The van der Waals surface area contributed by atoms with Gasteiger partial charge in [-0.3, -0.25) is 19.1 Å². The Bertz CT molecular complexity index is 1110. The van der Waals surface area contributed by atoms with Crippen LogP contribution in [0, 0.1) is 5.92 Å². The number of rotatable bonds is 5. The number of aryl methyl sites for hydroxylation is 1. The van der Waals surface area contributed by atoms with Crippen molar-refractivity contribution in [2.24, 2.45) is 13.0 Å². The van der Waals surface area contributed by atoms with Gasteiger partial charge in [0.1, 0.15) is 11.2 Å². The zero-order chi connectivity index (χ0) is 19.8. The molecule has 8 heteroatoms. The third-order valence-electron chi connectivity index (χ3n) is 5.00. The number of carbonyl (C=O) groups excluding carboxylic acids is 2. The van der Waals surface area contributed by atoms with E-state index in [-0.39, 0.29) is 28.9 Å². The number of fused-ring (bicyclic) bond motifs is 1. The number of carbonyl (C=O) groups is 2. The standard InChI is InChI=1S/C20H21N5O3/c1-11(12-5-7-14(8-6-12)24-19(27)13-3-4-13)23-20(28)16-9-21-18-15(17(16)26)10-22-25(18)2/h5-11,13H,3-4H2,1-2H3,(H,21,26)(H,23,28)(H,24,27). The Morgan fingerprint density at radius 2 is 1.96 bits per heavy atom. The number of benzene rings is 1. The van der Waals surface area contributed by atoms with Crippen LogP contribution in [-0.2, 0) is 11.8 Å². The fraction of sp³-hybridized carbons (Fsp3) is 0.300. The van der Waals surface area contributed by atoms with Crippen LogP contribution >= 0.6 is 0 Å². The second-order valence-corrected chi connectivity index (χ2v) is 7.14. The zero-order valence-electron chi connectivity index (χ0n) is 15.7. The van der Waals surface area contributed by atoms with Gasteiger partial charge in [0, 0.05) is 24.8 Å². The van der Waals surface area contributed by atoms with Crippen LogP contribution in [-0.4, -0.2) is 26.6 Å². The molecular formula is C20H21N5O3. The second kappa shape index (κ2) is 6.95. The number of anilines is 1. The second-order valence-electron chi connectivity index (χ2n) is 7.14. The van der Waals surface area contributed by atoms with E-state index in [2.05, 4.69) is 20.7 Å². The molecule has 1 aliphatic carbocycles. The van der Waals surface area contributed by atoms with E-state index in [1.54, 1.807) is 11.7 Å². The minimum atomic E-state index is -0.453. The quantitative estimate of drug-likeness (QED) is 0.631. The molecule has 1 aromatic carbocycles. The van der Waals surface area contributed by atoms with Crippen LogP contribution in [0.3, 0.4) is 0 Å². The van der Waals surface area contributed by atoms with E-state index in [1.807, 2.05) is 31.2 Å². The van der Waals surface area contributed by atoms with Crippen molar-refractivity contribution >= 4 is 28.5 Å². The van der Waals surface area contributed by atoms with Gasteiger partial charge in [0.15, 0.2) is 0 Å². The highest BCUT2D eigenvalue weighted by molar-refractivity contribution is 5.97. The summed E-state index contributed by atoms with van der Waals surface area (Å²) in [6.45, 7) is 1.84. The van der Waals surface area contributed by atoms with Gasteiger partial charge in [-0.1, -0.05) is 12.1 Å². The van der Waals surface area contributed by atoms with Crippen molar-refractivity contribution in [1.29, 1.82) is 0 Å². The number of nitrogens with zero attached hydrogens (tertiary/aromatic N) is 2. The van der Waals surface area contributed by atoms with Crippen LogP contribution in [0.25, 0.3) is 11.0 Å². The molecule has 144 valence electrons. The first kappa shape index (κ1) is 18.0. The minimum Gasteiger partial charge on any atom is -0.345 e. The Labute approximate surface area is 160 Å². The van der Waals surface area contributed by atoms with Gasteiger partial charge < -0.3 is 15.6 Å². The highest BCUT2D eigenvalue weighted by Crippen LogP contribution is 2.30. The molecule has 1 atom stereocenters. The van der Waals surface area contributed by atoms with E-state index in [4.69, 9.17) is 0 Å². The first-order valence-corrected chi connectivity index (χ1v) is 9.19. The van der Waals surface area contributed by atoms with Crippen molar-refractivity contribution in [3.8, 4) is 0 Å². The fourth-order valence-electron chi connectivity index (χ4n) is 3.10. The average molecular weight is 379 g/mol. The normalized spacial score (nSPS) is 14.6. The summed E-state index contributed by atoms with van der Waals surface area (Å²) in [6, 6.07) is 7.02. The smallest absolute Gasteiger partial charge is 0.257 e. The molecule has 3 aromatic rings. The summed E-state index contributed by atoms with van der Waals surface area (Å²) in [6.07, 6.45) is 4.77. The van der Waals surface area contributed by atoms with Gasteiger partial charge in [-0.2, -0.15) is 5.10 Å². The average Bonchev–Trinajstić information content (AvgIpc) is 3.46. The molecule has 2 aromatic heterocycles. The number of H-pyrrole nitrogens is 1. The Kier molecular flexibility index (Phi) is 4.46. The summed E-state index contributed by atoms with van der Waals surface area (Å²) in [4.78, 5) is 39.9. The molecule has 0 aliphatic heterocycles. The molecule has 1 unspecified atom stereocenters. The monoisotopic (exact) mass is 379 g/mol. The molecule has 0 bridgehead atoms. The van der Waals surface area contributed by atoms with Gasteiger partial charge in [0.2, 0.25) is 11.3 Å². The Balaban J connectivity index is 1.46. The van der Waals surface area contributed by atoms with Crippen molar-refractivity contribution in [2.45, 2.75) is 25.8 Å². The maximum atomic E-state index is 12.6. The summed E-state index contributed by atoms with van der Waals surface area (Å²) in [5.74, 6) is -0.252. The lowest BCUT2D eigenvalue weighted by atomic mass is 10.1. The highest BCUT2D eigenvalue weighted by Gasteiger charge is 2.29. The molecular weight excluding hydrogens is 358 g/mol. The topological polar surface area (TPSA) is 109 Å². The van der Waals surface area contributed by atoms with Crippen molar-refractivity contribution in [3.05, 3.63) is 58.0 Å². The maximum Gasteiger partial charge on any atom is 0.257 e. The van der Waals surface area contributed by atoms with E-state index in [0.29, 0.717) is 11.0 Å². The number of amides is 2. The van der Waals surface area contributed by atoms with Gasteiger partial charge in [-0.15, -0.1) is 0 Å². The highest BCUT2D eigenvalue weighted by atomic mass is 16.2. The number of aromatic amines is 1. The number of pyridine rings is 1. The summed E-state index contributed by atoms with van der Waals surface area (Å²) in [5, 5.41) is 10.1. The lowest BCUT2D eigenvalue weighted by Gasteiger charge is -2.15. The Hall–Kier alpha value is -3.42. The largest absolute Gasteiger partial charge is 0.345 e. The van der Waals surface area contributed by atoms with E-state index < -0.39 is 5.91 Å². The molecule has 3 N–H and O–H groups in total. The van der Waals surface area contributed by atoms with Crippen LogP contribution < -0.4 is 16.1 Å². The molecule has 0 spiro atoms. The van der Waals surface area contributed by atoms with E-state index >= 15 is 0 Å². The Morgan fingerprint density at radius 1 is 1.25 bits per heavy atom. The molecule has 1 fully saturated rings. The Morgan fingerprint density at radius 3 is 2.64 bits per heavy atom. The van der Waals surface area contributed by atoms with Crippen LogP contribution in [0.15, 0.2) is 41.5 Å². The number of hydrogen-bond donors (Lipinski definition) is 3. The van der Waals surface area contributed by atoms with Gasteiger partial charge in [-0.05, 0) is 37.5 Å². The summed E-state index contributed by atoms with van der Waals surface area (Å²) < 4.78 is 1.55. The van der Waals surface area contributed by atoms with Gasteiger partial charge in [0.05, 0.1) is 17.6 Å². The van der Waals surface area contributed by atoms with E-state index in [9.17, 15) is 14.4 Å². The lowest BCUT2D eigenvalue weighted by molar-refractivity contribution is -0.117. The van der Waals surface area contributed by atoms with E-state index in [0.717, 1.165) is 24.1 Å². The van der Waals surface area contributed by atoms with Gasteiger partial charge in [0.25, 0.3) is 5.91 Å². The zero-order valence-corrected chi connectivity index (χ0v) is 15.7. The van der Waals surface area contributed by atoms with Crippen molar-refractivity contribution in [3.63, 3.8) is 0 Å². The van der Waals surface area contributed by atoms with Crippen molar-refractivity contribution < 1.29 is 9.59 Å². The SMILES string of the molecule is CC(NC(=O)c1c[nH]c2c(cnn2C)c1=O)c1ccc(NC(=O)C2CC2)cc1. The van der Waals surface area contributed by atoms with Crippen molar-refractivity contribution in [1.82, 2.24) is 20.1 Å². The molecule has 2 amide bonds. The third kappa shape index (κ3) is 3.40. The number of aromatic nitrogens is 3. The lowest BCUT2D eigenvalue weighted by Crippen LogP contribution is -2.31. The summed E-state index contributed by atoms with van der Waals surface area (Å²) >= 11 is 0. The molecule has 2 heterocycles. The molecule has 4 rings (SSSR count). The molecule has 0 saturated heterocycles. The molecule has 28 heavy (non-hydrogen) atoms. The van der Waals surface area contributed by atoms with E-state index in [1.165, 1.54) is 12.4 Å². The van der Waals surface area contributed by atoms with Crippen LogP contribution in [0.1, 0.15) is 41.7 Å². The van der Waals surface area contributed by atoms with Gasteiger partial charge >= 0.3 is 0 Å². The number of nitrogens with one attached hydrogen (secondary N) is 3. The third-order valence-corrected chi connectivity index (χ3v) is 5.00.